The molecule has 5 heteroatoms. The molecular formula is C7H9ClN2OS. The van der Waals surface area contributed by atoms with Crippen molar-refractivity contribution in [2.45, 2.75) is 12.3 Å². The maximum Gasteiger partial charge on any atom is 0.244 e. The van der Waals surface area contributed by atoms with Gasteiger partial charge in [0.1, 0.15) is 5.01 Å². The molecule has 0 spiro atoms. The maximum absolute atomic E-state index is 11.0. The number of nitrogens with one attached hydrogen (secondary N) is 1. The lowest BCUT2D eigenvalue weighted by Gasteiger charge is -2.02. The molecule has 0 fully saturated rings. The number of amides is 1. The van der Waals surface area contributed by atoms with E-state index < -0.39 is 5.38 Å². The largest absolute Gasteiger partial charge is 0.358 e. The summed E-state index contributed by atoms with van der Waals surface area (Å²) in [4.78, 5) is 15.2. The molecule has 1 rings (SSSR count). The first-order valence-electron chi connectivity index (χ1n) is 3.43. The van der Waals surface area contributed by atoms with E-state index in [1.165, 1.54) is 11.3 Å². The highest BCUT2D eigenvalue weighted by Crippen LogP contribution is 2.23. The minimum Gasteiger partial charge on any atom is -0.358 e. The van der Waals surface area contributed by atoms with Crippen molar-refractivity contribution in [2.75, 3.05) is 7.05 Å². The second-order valence-electron chi connectivity index (χ2n) is 2.30. The molecule has 1 heterocycles. The van der Waals surface area contributed by atoms with Crippen molar-refractivity contribution in [1.82, 2.24) is 10.3 Å². The molecule has 12 heavy (non-hydrogen) atoms. The molecule has 0 aliphatic carbocycles. The standard InChI is InChI=1S/C7H9ClN2OS/c1-4-3-12-7(10-4)5(8)6(11)9-2/h3,5H,1-2H3,(H,9,11). The molecule has 1 N–H and O–H groups in total. The molecule has 0 saturated heterocycles. The number of hydrogen-bond donors (Lipinski definition) is 1. The van der Waals surface area contributed by atoms with Gasteiger partial charge < -0.3 is 5.32 Å². The fourth-order valence-corrected chi connectivity index (χ4v) is 1.81. The van der Waals surface area contributed by atoms with Gasteiger partial charge in [-0.15, -0.1) is 22.9 Å². The van der Waals surface area contributed by atoms with Gasteiger partial charge in [-0.05, 0) is 6.92 Å². The molecule has 0 aromatic carbocycles. The Morgan fingerprint density at radius 2 is 2.50 bits per heavy atom. The average Bonchev–Trinajstić information content (AvgIpc) is 2.49. The lowest BCUT2D eigenvalue weighted by atomic mass is 10.4. The Bertz CT molecular complexity index is 287. The van der Waals surface area contributed by atoms with E-state index in [4.69, 9.17) is 11.6 Å². The number of nitrogens with zero attached hydrogens (tertiary/aromatic N) is 1. The zero-order valence-corrected chi connectivity index (χ0v) is 8.37. The number of aryl methyl sites for hydroxylation is 1. The fourth-order valence-electron chi connectivity index (χ4n) is 0.727. The molecule has 1 atom stereocenters. The van der Waals surface area contributed by atoms with E-state index in [0.29, 0.717) is 5.01 Å². The molecule has 0 saturated carbocycles. The first-order chi connectivity index (χ1) is 5.65. The van der Waals surface area contributed by atoms with Crippen LogP contribution >= 0.6 is 22.9 Å². The van der Waals surface area contributed by atoms with Crippen LogP contribution < -0.4 is 5.32 Å². The molecule has 66 valence electrons. The number of alkyl halides is 1. The molecule has 0 radical (unpaired) electrons. The van der Waals surface area contributed by atoms with Gasteiger partial charge in [-0.2, -0.15) is 0 Å². The Balaban J connectivity index is 2.77. The van der Waals surface area contributed by atoms with Gasteiger partial charge >= 0.3 is 0 Å². The Morgan fingerprint density at radius 3 is 2.92 bits per heavy atom. The van der Waals surface area contributed by atoms with Gasteiger partial charge in [-0.3, -0.25) is 4.79 Å². The monoisotopic (exact) mass is 204 g/mol. The highest BCUT2D eigenvalue weighted by atomic mass is 35.5. The SMILES string of the molecule is CNC(=O)C(Cl)c1nc(C)cs1. The maximum atomic E-state index is 11.0. The second kappa shape index (κ2) is 3.87. The number of likely N-dealkylation sites (N-methyl/N-ethyl adjacent to an activating group) is 1. The summed E-state index contributed by atoms with van der Waals surface area (Å²) in [6.45, 7) is 1.87. The molecule has 1 aromatic rings. The molecule has 0 aliphatic rings. The Labute approximate surface area is 79.8 Å². The third-order valence-corrected chi connectivity index (χ3v) is 2.89. The predicted molar refractivity (Wildman–Crippen MR) is 49.5 cm³/mol. The number of thiazole rings is 1. The topological polar surface area (TPSA) is 42.0 Å². The third-order valence-electron chi connectivity index (χ3n) is 1.33. The first kappa shape index (κ1) is 9.48. The van der Waals surface area contributed by atoms with Crippen molar-refractivity contribution in [3.8, 4) is 0 Å². The van der Waals surface area contributed by atoms with Crippen LogP contribution in [0.25, 0.3) is 0 Å². The average molecular weight is 205 g/mol. The van der Waals surface area contributed by atoms with E-state index in [9.17, 15) is 4.79 Å². The predicted octanol–water partition coefficient (Wildman–Crippen LogP) is 1.48. The smallest absolute Gasteiger partial charge is 0.244 e. The minimum atomic E-state index is -0.659. The summed E-state index contributed by atoms with van der Waals surface area (Å²) in [7, 11) is 1.55. The summed E-state index contributed by atoms with van der Waals surface area (Å²) in [5.74, 6) is -0.217. The number of rotatable bonds is 2. The second-order valence-corrected chi connectivity index (χ2v) is 3.63. The third kappa shape index (κ3) is 1.95. The molecular weight excluding hydrogens is 196 g/mol. The highest BCUT2D eigenvalue weighted by Gasteiger charge is 2.18. The van der Waals surface area contributed by atoms with Crippen LogP contribution in [-0.4, -0.2) is 17.9 Å². The summed E-state index contributed by atoms with van der Waals surface area (Å²) in [5.41, 5.74) is 0.893. The van der Waals surface area contributed by atoms with Crippen molar-refractivity contribution in [3.05, 3.63) is 16.1 Å². The van der Waals surface area contributed by atoms with Crippen LogP contribution in [0.5, 0.6) is 0 Å². The van der Waals surface area contributed by atoms with Crippen LogP contribution in [0.2, 0.25) is 0 Å². The van der Waals surface area contributed by atoms with E-state index in [-0.39, 0.29) is 5.91 Å². The van der Waals surface area contributed by atoms with E-state index in [1.807, 2.05) is 12.3 Å². The van der Waals surface area contributed by atoms with Gasteiger partial charge in [0.05, 0.1) is 0 Å². The van der Waals surface area contributed by atoms with Crippen molar-refractivity contribution in [1.29, 1.82) is 0 Å². The van der Waals surface area contributed by atoms with Crippen molar-refractivity contribution in [2.24, 2.45) is 0 Å². The van der Waals surface area contributed by atoms with Crippen LogP contribution in [0.4, 0.5) is 0 Å². The Hall–Kier alpha value is -0.610. The normalized spacial score (nSPS) is 12.6. The zero-order valence-electron chi connectivity index (χ0n) is 6.80. The number of carbonyl (C=O) groups is 1. The van der Waals surface area contributed by atoms with Gasteiger partial charge in [0.2, 0.25) is 5.91 Å². The molecule has 0 bridgehead atoms. The number of aromatic nitrogens is 1. The Morgan fingerprint density at radius 1 is 1.83 bits per heavy atom. The first-order valence-corrected chi connectivity index (χ1v) is 4.74. The number of carbonyl (C=O) groups excluding carboxylic acids is 1. The van der Waals surface area contributed by atoms with Gasteiger partial charge in [-0.25, -0.2) is 4.98 Å². The molecule has 1 aromatic heterocycles. The zero-order chi connectivity index (χ0) is 9.14. The van der Waals surface area contributed by atoms with Gasteiger partial charge in [0, 0.05) is 18.1 Å². The van der Waals surface area contributed by atoms with Crippen LogP contribution in [0.1, 0.15) is 16.1 Å². The fraction of sp³-hybridized carbons (Fsp3) is 0.429. The summed E-state index contributed by atoms with van der Waals surface area (Å²) in [5, 5.41) is 4.33. The highest BCUT2D eigenvalue weighted by molar-refractivity contribution is 7.10. The van der Waals surface area contributed by atoms with Gasteiger partial charge in [0.15, 0.2) is 5.38 Å². The van der Waals surface area contributed by atoms with E-state index >= 15 is 0 Å². The summed E-state index contributed by atoms with van der Waals surface area (Å²) < 4.78 is 0. The number of hydrogen-bond acceptors (Lipinski definition) is 3. The number of halogens is 1. The van der Waals surface area contributed by atoms with Crippen molar-refractivity contribution >= 4 is 28.8 Å². The molecule has 1 amide bonds. The summed E-state index contributed by atoms with van der Waals surface area (Å²) in [6.07, 6.45) is 0. The van der Waals surface area contributed by atoms with Gasteiger partial charge in [0.25, 0.3) is 0 Å². The van der Waals surface area contributed by atoms with E-state index in [0.717, 1.165) is 5.69 Å². The van der Waals surface area contributed by atoms with Crippen molar-refractivity contribution < 1.29 is 4.79 Å². The Kier molecular flexibility index (Phi) is 3.05. The van der Waals surface area contributed by atoms with Crippen LogP contribution in [0.15, 0.2) is 5.38 Å². The van der Waals surface area contributed by atoms with Crippen LogP contribution in [0, 0.1) is 6.92 Å². The van der Waals surface area contributed by atoms with E-state index in [1.54, 1.807) is 7.05 Å². The summed E-state index contributed by atoms with van der Waals surface area (Å²) in [6, 6.07) is 0. The lowest BCUT2D eigenvalue weighted by Crippen LogP contribution is -2.22. The van der Waals surface area contributed by atoms with Crippen molar-refractivity contribution in [3.63, 3.8) is 0 Å². The van der Waals surface area contributed by atoms with Gasteiger partial charge in [-0.1, -0.05) is 0 Å². The molecule has 3 nitrogen and oxygen atoms in total. The minimum absolute atomic E-state index is 0.217. The lowest BCUT2D eigenvalue weighted by molar-refractivity contribution is -0.120. The quantitative estimate of drug-likeness (QED) is 0.742. The van der Waals surface area contributed by atoms with Crippen LogP contribution in [0.3, 0.4) is 0 Å². The van der Waals surface area contributed by atoms with E-state index in [2.05, 4.69) is 10.3 Å². The summed E-state index contributed by atoms with van der Waals surface area (Å²) >= 11 is 7.20. The van der Waals surface area contributed by atoms with Crippen LogP contribution in [-0.2, 0) is 4.79 Å². The molecule has 0 aliphatic heterocycles. The molecule has 1 unspecified atom stereocenters.